The first-order valence-corrected chi connectivity index (χ1v) is 12.0. The molecule has 0 amide bonds. The first-order chi connectivity index (χ1) is 15.1. The van der Waals surface area contributed by atoms with Crippen molar-refractivity contribution in [2.75, 3.05) is 43.4 Å². The molecule has 0 saturated carbocycles. The Kier molecular flexibility index (Phi) is 5.65. The van der Waals surface area contributed by atoms with Crippen molar-refractivity contribution in [2.45, 2.75) is 6.92 Å². The zero-order chi connectivity index (χ0) is 21.4. The van der Waals surface area contributed by atoms with Gasteiger partial charge in [-0.2, -0.15) is 0 Å². The highest BCUT2D eigenvalue weighted by molar-refractivity contribution is 9.10. The van der Waals surface area contributed by atoms with Crippen molar-refractivity contribution in [3.63, 3.8) is 0 Å². The van der Waals surface area contributed by atoms with Gasteiger partial charge in [0.25, 0.3) is 0 Å². The number of nitrogens with one attached hydrogen (secondary N) is 1. The third-order valence-electron chi connectivity index (χ3n) is 5.80. The van der Waals surface area contributed by atoms with Crippen LogP contribution < -0.4 is 10.2 Å². The Morgan fingerprint density at radius 1 is 0.935 bits per heavy atom. The van der Waals surface area contributed by atoms with Crippen LogP contribution in [0.15, 0.2) is 59.3 Å². The molecule has 2 aromatic carbocycles. The number of piperazine rings is 1. The van der Waals surface area contributed by atoms with Crippen LogP contribution in [0.1, 0.15) is 4.88 Å². The quantitative estimate of drug-likeness (QED) is 0.381. The van der Waals surface area contributed by atoms with Crippen molar-refractivity contribution in [3.8, 4) is 11.1 Å². The van der Waals surface area contributed by atoms with E-state index in [0.717, 1.165) is 52.4 Å². The molecular weight excluding hydrogens is 470 g/mol. The zero-order valence-corrected chi connectivity index (χ0v) is 20.0. The van der Waals surface area contributed by atoms with Crippen LogP contribution in [0.25, 0.3) is 21.3 Å². The standard InChI is InChI=1S/C24H24BrN5S/c1-16-21(17-3-5-18(25)6-4-17)22-23(26-15-27-24(22)31-16)28-19-7-9-20(10-8-19)30-13-11-29(2)12-14-30/h3-10,15H,11-14H2,1-2H3,(H,26,27,28). The Balaban J connectivity index is 1.46. The summed E-state index contributed by atoms with van der Waals surface area (Å²) in [4.78, 5) is 16.2. The number of aromatic nitrogens is 2. The summed E-state index contributed by atoms with van der Waals surface area (Å²) in [5, 5.41) is 4.62. The van der Waals surface area contributed by atoms with Gasteiger partial charge in [0.05, 0.1) is 5.39 Å². The van der Waals surface area contributed by atoms with Crippen molar-refractivity contribution in [1.29, 1.82) is 0 Å². The SMILES string of the molecule is Cc1sc2ncnc(Nc3ccc(N4CCN(C)CC4)cc3)c2c1-c1ccc(Br)cc1. The molecule has 31 heavy (non-hydrogen) atoms. The molecule has 0 atom stereocenters. The first kappa shape index (κ1) is 20.4. The van der Waals surface area contributed by atoms with Crippen LogP contribution in [0.3, 0.4) is 0 Å². The van der Waals surface area contributed by atoms with Gasteiger partial charge in [-0.05, 0) is 55.9 Å². The van der Waals surface area contributed by atoms with E-state index < -0.39 is 0 Å². The Bertz CT molecular complexity index is 1200. The number of hydrogen-bond acceptors (Lipinski definition) is 6. The van der Waals surface area contributed by atoms with Crippen molar-refractivity contribution in [2.24, 2.45) is 0 Å². The Morgan fingerprint density at radius 3 is 2.35 bits per heavy atom. The molecule has 1 N–H and O–H groups in total. The second kappa shape index (κ2) is 8.57. The maximum atomic E-state index is 4.60. The van der Waals surface area contributed by atoms with E-state index in [-0.39, 0.29) is 0 Å². The lowest BCUT2D eigenvalue weighted by molar-refractivity contribution is 0.313. The fraction of sp³-hybridized carbons (Fsp3) is 0.250. The molecule has 0 radical (unpaired) electrons. The highest BCUT2D eigenvalue weighted by Gasteiger charge is 2.18. The van der Waals surface area contributed by atoms with E-state index in [2.05, 4.69) is 104 Å². The van der Waals surface area contributed by atoms with E-state index in [0.29, 0.717) is 0 Å². The van der Waals surface area contributed by atoms with Crippen molar-refractivity contribution in [3.05, 3.63) is 64.2 Å². The second-order valence-electron chi connectivity index (χ2n) is 7.90. The van der Waals surface area contributed by atoms with E-state index in [4.69, 9.17) is 0 Å². The molecule has 2 aromatic heterocycles. The van der Waals surface area contributed by atoms with Crippen molar-refractivity contribution < 1.29 is 0 Å². The van der Waals surface area contributed by atoms with Crippen LogP contribution in [0, 0.1) is 6.92 Å². The fourth-order valence-corrected chi connectivity index (χ4v) is 5.34. The van der Waals surface area contributed by atoms with Crippen LogP contribution in [-0.2, 0) is 0 Å². The van der Waals surface area contributed by atoms with Gasteiger partial charge in [-0.3, -0.25) is 0 Å². The van der Waals surface area contributed by atoms with Gasteiger partial charge in [0.2, 0.25) is 0 Å². The summed E-state index contributed by atoms with van der Waals surface area (Å²) in [7, 11) is 2.18. The lowest BCUT2D eigenvalue weighted by Crippen LogP contribution is -2.44. The molecule has 0 aliphatic carbocycles. The molecule has 5 rings (SSSR count). The third kappa shape index (κ3) is 4.18. The molecule has 3 heterocycles. The summed E-state index contributed by atoms with van der Waals surface area (Å²) in [6.45, 7) is 6.50. The number of hydrogen-bond donors (Lipinski definition) is 1. The van der Waals surface area contributed by atoms with Gasteiger partial charge in [-0.15, -0.1) is 11.3 Å². The Morgan fingerprint density at radius 2 is 1.65 bits per heavy atom. The molecular formula is C24H24BrN5S. The molecule has 1 aliphatic rings. The molecule has 1 saturated heterocycles. The molecule has 1 fully saturated rings. The van der Waals surface area contributed by atoms with E-state index >= 15 is 0 Å². The van der Waals surface area contributed by atoms with Gasteiger partial charge in [-0.1, -0.05) is 28.1 Å². The molecule has 0 spiro atoms. The number of halogens is 1. The molecule has 7 heteroatoms. The topological polar surface area (TPSA) is 44.3 Å². The predicted octanol–water partition coefficient (Wildman–Crippen LogP) is 5.92. The second-order valence-corrected chi connectivity index (χ2v) is 10.0. The Hall–Kier alpha value is -2.48. The first-order valence-electron chi connectivity index (χ1n) is 10.4. The maximum absolute atomic E-state index is 4.60. The number of benzene rings is 2. The largest absolute Gasteiger partial charge is 0.369 e. The number of fused-ring (bicyclic) bond motifs is 1. The van der Waals surface area contributed by atoms with E-state index in [1.165, 1.54) is 21.7 Å². The number of anilines is 3. The summed E-state index contributed by atoms with van der Waals surface area (Å²) >= 11 is 5.24. The monoisotopic (exact) mass is 493 g/mol. The van der Waals surface area contributed by atoms with Gasteiger partial charge < -0.3 is 15.1 Å². The number of nitrogens with zero attached hydrogens (tertiary/aromatic N) is 4. The van der Waals surface area contributed by atoms with E-state index in [1.807, 2.05) is 0 Å². The van der Waals surface area contributed by atoms with Crippen LogP contribution in [0.2, 0.25) is 0 Å². The zero-order valence-electron chi connectivity index (χ0n) is 17.6. The van der Waals surface area contributed by atoms with Crippen LogP contribution >= 0.6 is 27.3 Å². The molecule has 1 aliphatic heterocycles. The number of rotatable bonds is 4. The smallest absolute Gasteiger partial charge is 0.143 e. The highest BCUT2D eigenvalue weighted by atomic mass is 79.9. The normalized spacial score (nSPS) is 14.9. The minimum absolute atomic E-state index is 0.847. The summed E-state index contributed by atoms with van der Waals surface area (Å²) in [6.07, 6.45) is 1.64. The predicted molar refractivity (Wildman–Crippen MR) is 135 cm³/mol. The average molecular weight is 494 g/mol. The molecule has 4 aromatic rings. The minimum Gasteiger partial charge on any atom is -0.369 e. The molecule has 158 valence electrons. The lowest BCUT2D eigenvalue weighted by atomic mass is 10.0. The third-order valence-corrected chi connectivity index (χ3v) is 7.34. The van der Waals surface area contributed by atoms with Gasteiger partial charge >= 0.3 is 0 Å². The fourth-order valence-electron chi connectivity index (χ4n) is 4.06. The van der Waals surface area contributed by atoms with Gasteiger partial charge in [0.15, 0.2) is 0 Å². The van der Waals surface area contributed by atoms with Gasteiger partial charge in [0.1, 0.15) is 17.0 Å². The minimum atomic E-state index is 0.847. The van der Waals surface area contributed by atoms with E-state index in [1.54, 1.807) is 17.7 Å². The van der Waals surface area contributed by atoms with Crippen molar-refractivity contribution >= 4 is 54.7 Å². The van der Waals surface area contributed by atoms with Gasteiger partial charge in [-0.25, -0.2) is 9.97 Å². The van der Waals surface area contributed by atoms with E-state index in [9.17, 15) is 0 Å². The summed E-state index contributed by atoms with van der Waals surface area (Å²) < 4.78 is 1.07. The maximum Gasteiger partial charge on any atom is 0.143 e. The lowest BCUT2D eigenvalue weighted by Gasteiger charge is -2.34. The van der Waals surface area contributed by atoms with Gasteiger partial charge in [0, 0.05) is 52.5 Å². The van der Waals surface area contributed by atoms with Crippen LogP contribution in [0.5, 0.6) is 0 Å². The number of aryl methyl sites for hydroxylation is 1. The summed E-state index contributed by atoms with van der Waals surface area (Å²) in [5.74, 6) is 0.847. The highest BCUT2D eigenvalue weighted by Crippen LogP contribution is 2.41. The van der Waals surface area contributed by atoms with Crippen LogP contribution in [-0.4, -0.2) is 48.1 Å². The molecule has 5 nitrogen and oxygen atoms in total. The summed E-state index contributed by atoms with van der Waals surface area (Å²) in [6, 6.07) is 17.1. The molecule has 0 bridgehead atoms. The number of thiophene rings is 1. The van der Waals surface area contributed by atoms with Crippen molar-refractivity contribution in [1.82, 2.24) is 14.9 Å². The average Bonchev–Trinajstić information content (AvgIpc) is 3.12. The number of likely N-dealkylation sites (N-methyl/N-ethyl adjacent to an activating group) is 1. The molecule has 0 unspecified atom stereocenters. The van der Waals surface area contributed by atoms with Crippen LogP contribution in [0.4, 0.5) is 17.2 Å². The summed E-state index contributed by atoms with van der Waals surface area (Å²) in [5.41, 5.74) is 4.68. The Labute approximate surface area is 194 Å².